The largest absolute Gasteiger partial charge is 0.336 e. The van der Waals surface area contributed by atoms with Crippen molar-refractivity contribution in [3.05, 3.63) is 22.6 Å². The number of likely N-dealkylation sites (tertiary alicyclic amines) is 1. The first-order valence-corrected chi connectivity index (χ1v) is 9.47. The maximum absolute atomic E-state index is 12.6. The zero-order valence-corrected chi connectivity index (χ0v) is 14.5. The van der Waals surface area contributed by atoms with Gasteiger partial charge in [-0.25, -0.2) is 14.5 Å². The summed E-state index contributed by atoms with van der Waals surface area (Å²) in [4.78, 5) is 26.1. The second kappa shape index (κ2) is 5.24. The van der Waals surface area contributed by atoms with Gasteiger partial charge in [0.2, 0.25) is 5.82 Å². The summed E-state index contributed by atoms with van der Waals surface area (Å²) in [7, 11) is 0. The molecule has 1 fully saturated rings. The topological polar surface area (TPSA) is 63.4 Å². The number of amides is 1. The van der Waals surface area contributed by atoms with Crippen molar-refractivity contribution in [3.63, 3.8) is 0 Å². The van der Waals surface area contributed by atoms with Gasteiger partial charge in [-0.2, -0.15) is 0 Å². The molecule has 3 aromatic heterocycles. The van der Waals surface area contributed by atoms with Gasteiger partial charge >= 0.3 is 0 Å². The van der Waals surface area contributed by atoms with E-state index in [1.807, 2.05) is 4.90 Å². The molecule has 1 aliphatic carbocycles. The van der Waals surface area contributed by atoms with E-state index >= 15 is 0 Å². The lowest BCUT2D eigenvalue weighted by Gasteiger charge is -2.17. The van der Waals surface area contributed by atoms with Crippen molar-refractivity contribution in [1.82, 2.24) is 24.5 Å². The van der Waals surface area contributed by atoms with Gasteiger partial charge < -0.3 is 4.90 Å². The van der Waals surface area contributed by atoms with Gasteiger partial charge in [0.15, 0.2) is 5.65 Å². The molecule has 1 saturated heterocycles. The number of rotatable bonds is 1. The van der Waals surface area contributed by atoms with E-state index in [0.29, 0.717) is 11.7 Å². The number of hydrogen-bond donors (Lipinski definition) is 0. The Morgan fingerprint density at radius 3 is 3.00 bits per heavy atom. The van der Waals surface area contributed by atoms with Crippen LogP contribution in [0.15, 0.2) is 6.33 Å². The van der Waals surface area contributed by atoms with Crippen LogP contribution in [-0.4, -0.2) is 43.5 Å². The van der Waals surface area contributed by atoms with Gasteiger partial charge in [0, 0.05) is 18.0 Å². The first kappa shape index (κ1) is 14.3. The molecule has 0 saturated carbocycles. The normalized spacial score (nSPS) is 20.9. The highest BCUT2D eigenvalue weighted by atomic mass is 32.1. The molecule has 1 unspecified atom stereocenters. The molecule has 2 aliphatic rings. The molecule has 0 N–H and O–H groups in total. The van der Waals surface area contributed by atoms with Crippen LogP contribution in [0.1, 0.15) is 47.2 Å². The smallest absolute Gasteiger partial charge is 0.293 e. The van der Waals surface area contributed by atoms with E-state index in [2.05, 4.69) is 22.0 Å². The molecule has 0 aromatic carbocycles. The number of carbonyl (C=O) groups is 1. The fourth-order valence-electron chi connectivity index (χ4n) is 3.90. The van der Waals surface area contributed by atoms with Crippen LogP contribution in [0.25, 0.3) is 15.9 Å². The number of carbonyl (C=O) groups excluding carboxylic acids is 1. The highest BCUT2D eigenvalue weighted by molar-refractivity contribution is 7.19. The molecule has 1 aliphatic heterocycles. The highest BCUT2D eigenvalue weighted by Crippen LogP contribution is 2.38. The highest BCUT2D eigenvalue weighted by Gasteiger charge is 2.26. The van der Waals surface area contributed by atoms with Crippen LogP contribution in [0, 0.1) is 5.92 Å². The molecule has 0 bridgehead atoms. The maximum Gasteiger partial charge on any atom is 0.293 e. The van der Waals surface area contributed by atoms with Crippen molar-refractivity contribution in [1.29, 1.82) is 0 Å². The Morgan fingerprint density at radius 1 is 1.33 bits per heavy atom. The van der Waals surface area contributed by atoms with E-state index in [1.54, 1.807) is 22.2 Å². The van der Waals surface area contributed by atoms with Crippen molar-refractivity contribution in [2.24, 2.45) is 5.92 Å². The van der Waals surface area contributed by atoms with Crippen LogP contribution >= 0.6 is 11.3 Å². The van der Waals surface area contributed by atoms with Gasteiger partial charge in [0.25, 0.3) is 5.91 Å². The van der Waals surface area contributed by atoms with E-state index in [-0.39, 0.29) is 5.91 Å². The lowest BCUT2D eigenvalue weighted by Crippen LogP contribution is -2.28. The fraction of sp³-hybridized carbons (Fsp3) is 0.529. The molecule has 5 rings (SSSR count). The summed E-state index contributed by atoms with van der Waals surface area (Å²) in [5.74, 6) is 0.931. The molecular formula is C17H19N5OS. The SMILES string of the molecule is CC1CCc2sc3ncn4nc(C(=O)N5CCCC5)nc4c3c2C1. The number of aryl methyl sites for hydroxylation is 1. The first-order chi connectivity index (χ1) is 11.7. The Hall–Kier alpha value is -2.02. The standard InChI is InChI=1S/C17H19N5OS/c1-10-4-5-12-11(8-10)13-15-19-14(17(23)21-6-2-3-7-21)20-22(15)9-18-16(13)24-12/h9-10H,2-8H2,1H3. The number of thiophene rings is 1. The maximum atomic E-state index is 12.6. The lowest BCUT2D eigenvalue weighted by molar-refractivity contribution is 0.0781. The van der Waals surface area contributed by atoms with E-state index in [4.69, 9.17) is 0 Å². The number of nitrogens with zero attached hydrogens (tertiary/aromatic N) is 5. The van der Waals surface area contributed by atoms with Crippen molar-refractivity contribution in [3.8, 4) is 0 Å². The summed E-state index contributed by atoms with van der Waals surface area (Å²) >= 11 is 1.77. The third-order valence-corrected chi connectivity index (χ3v) is 6.41. The summed E-state index contributed by atoms with van der Waals surface area (Å²) in [5.41, 5.74) is 2.16. The zero-order chi connectivity index (χ0) is 16.3. The molecule has 7 heteroatoms. The molecule has 1 atom stereocenters. The minimum atomic E-state index is -0.0539. The number of hydrogen-bond acceptors (Lipinski definition) is 5. The van der Waals surface area contributed by atoms with Crippen LogP contribution in [0.5, 0.6) is 0 Å². The summed E-state index contributed by atoms with van der Waals surface area (Å²) < 4.78 is 1.68. The minimum Gasteiger partial charge on any atom is -0.336 e. The number of aromatic nitrogens is 4. The van der Waals surface area contributed by atoms with E-state index in [1.165, 1.54) is 16.9 Å². The molecule has 4 heterocycles. The lowest BCUT2D eigenvalue weighted by atomic mass is 9.89. The first-order valence-electron chi connectivity index (χ1n) is 8.65. The molecular weight excluding hydrogens is 322 g/mol. The minimum absolute atomic E-state index is 0.0539. The van der Waals surface area contributed by atoms with Crippen LogP contribution < -0.4 is 0 Å². The second-order valence-corrected chi connectivity index (χ2v) is 8.06. The van der Waals surface area contributed by atoms with Crippen LogP contribution in [0.4, 0.5) is 0 Å². The van der Waals surface area contributed by atoms with Crippen LogP contribution in [0.3, 0.4) is 0 Å². The molecule has 124 valence electrons. The van der Waals surface area contributed by atoms with Crippen LogP contribution in [0.2, 0.25) is 0 Å². The monoisotopic (exact) mass is 341 g/mol. The van der Waals surface area contributed by atoms with Crippen molar-refractivity contribution >= 4 is 33.1 Å². The van der Waals surface area contributed by atoms with Gasteiger partial charge in [-0.05, 0) is 43.6 Å². The number of fused-ring (bicyclic) bond motifs is 5. The third kappa shape index (κ3) is 2.07. The Bertz CT molecular complexity index is 953. The van der Waals surface area contributed by atoms with Gasteiger partial charge in [-0.1, -0.05) is 6.92 Å². The van der Waals surface area contributed by atoms with Gasteiger partial charge in [-0.15, -0.1) is 16.4 Å². The summed E-state index contributed by atoms with van der Waals surface area (Å²) in [6.45, 7) is 3.92. The predicted molar refractivity (Wildman–Crippen MR) is 92.5 cm³/mol. The van der Waals surface area contributed by atoms with E-state index in [0.717, 1.165) is 54.6 Å². The van der Waals surface area contributed by atoms with Crippen molar-refractivity contribution in [2.45, 2.75) is 39.0 Å². The summed E-state index contributed by atoms with van der Waals surface area (Å²) in [6, 6.07) is 0. The Kier molecular flexibility index (Phi) is 3.13. The molecule has 1 amide bonds. The molecule has 3 aromatic rings. The van der Waals surface area contributed by atoms with Gasteiger partial charge in [-0.3, -0.25) is 4.79 Å². The Labute approximate surface area is 143 Å². The third-order valence-electron chi connectivity index (χ3n) is 5.21. The molecule has 0 spiro atoms. The van der Waals surface area contributed by atoms with Gasteiger partial charge in [0.1, 0.15) is 11.2 Å². The van der Waals surface area contributed by atoms with Crippen molar-refractivity contribution in [2.75, 3.05) is 13.1 Å². The van der Waals surface area contributed by atoms with Gasteiger partial charge in [0.05, 0.1) is 5.39 Å². The molecule has 24 heavy (non-hydrogen) atoms. The average molecular weight is 341 g/mol. The second-order valence-electron chi connectivity index (χ2n) is 6.98. The summed E-state index contributed by atoms with van der Waals surface area (Å²) in [6.07, 6.45) is 7.26. The molecule has 0 radical (unpaired) electrons. The molecule has 6 nitrogen and oxygen atoms in total. The van der Waals surface area contributed by atoms with Crippen LogP contribution in [-0.2, 0) is 12.8 Å². The Balaban J connectivity index is 1.67. The van der Waals surface area contributed by atoms with E-state index < -0.39 is 0 Å². The Morgan fingerprint density at radius 2 is 2.17 bits per heavy atom. The average Bonchev–Trinajstić information content (AvgIpc) is 3.30. The zero-order valence-electron chi connectivity index (χ0n) is 13.7. The van der Waals surface area contributed by atoms with E-state index in [9.17, 15) is 4.79 Å². The fourth-order valence-corrected chi connectivity index (χ4v) is 5.08. The quantitative estimate of drug-likeness (QED) is 0.683. The summed E-state index contributed by atoms with van der Waals surface area (Å²) in [5, 5.41) is 5.52. The van der Waals surface area contributed by atoms with Crippen molar-refractivity contribution < 1.29 is 4.79 Å². The predicted octanol–water partition coefficient (Wildman–Crippen LogP) is 2.70.